The summed E-state index contributed by atoms with van der Waals surface area (Å²) in [5, 5.41) is 0. The lowest BCUT2D eigenvalue weighted by molar-refractivity contribution is 0.198. The molecule has 1 aliphatic rings. The Labute approximate surface area is 106 Å². The first-order valence-electron chi connectivity index (χ1n) is 7.74. The van der Waals surface area contributed by atoms with E-state index in [1.54, 1.807) is 0 Å². The summed E-state index contributed by atoms with van der Waals surface area (Å²) in [6.07, 6.45) is 5.82. The van der Waals surface area contributed by atoms with Gasteiger partial charge in [0.05, 0.1) is 0 Å². The van der Waals surface area contributed by atoms with Gasteiger partial charge in [-0.2, -0.15) is 0 Å². The van der Waals surface area contributed by atoms with E-state index in [9.17, 15) is 0 Å². The van der Waals surface area contributed by atoms with E-state index in [4.69, 9.17) is 0 Å². The first-order valence-corrected chi connectivity index (χ1v) is 7.74. The minimum absolute atomic E-state index is 1.00. The molecule has 1 saturated carbocycles. The van der Waals surface area contributed by atoms with E-state index < -0.39 is 0 Å². The fourth-order valence-corrected chi connectivity index (χ4v) is 2.22. The second-order valence-corrected chi connectivity index (χ2v) is 4.06. The molecule has 16 heavy (non-hydrogen) atoms. The third-order valence-corrected chi connectivity index (χ3v) is 3.15. The van der Waals surface area contributed by atoms with Gasteiger partial charge in [-0.3, -0.25) is 0 Å². The molecular weight excluding hydrogens is 192 g/mol. The van der Waals surface area contributed by atoms with Crippen molar-refractivity contribution < 1.29 is 0 Å². The maximum Gasteiger partial charge on any atom is -0.0389 e. The molecule has 0 aromatic carbocycles. The topological polar surface area (TPSA) is 0 Å². The predicted octanol–water partition coefficient (Wildman–Crippen LogP) is 6.55. The number of hydrogen-bond donors (Lipinski definition) is 0. The van der Waals surface area contributed by atoms with Crippen molar-refractivity contribution in [3.63, 3.8) is 0 Å². The molecule has 0 N–H and O–H groups in total. The van der Waals surface area contributed by atoms with Crippen molar-refractivity contribution in [3.8, 4) is 0 Å². The summed E-state index contributed by atoms with van der Waals surface area (Å²) < 4.78 is 0. The summed E-state index contributed by atoms with van der Waals surface area (Å²) in [7, 11) is 0. The summed E-state index contributed by atoms with van der Waals surface area (Å²) in [5.74, 6) is 3.03. The van der Waals surface area contributed by atoms with Gasteiger partial charge in [0.15, 0.2) is 0 Å². The van der Waals surface area contributed by atoms with Crippen LogP contribution in [0.4, 0.5) is 0 Å². The summed E-state index contributed by atoms with van der Waals surface area (Å²) in [6, 6.07) is 0. The minimum Gasteiger partial charge on any atom is -0.0683 e. The normalized spacial score (nSPS) is 27.2. The largest absolute Gasteiger partial charge is 0.0683 e. The van der Waals surface area contributed by atoms with Crippen molar-refractivity contribution in [1.82, 2.24) is 0 Å². The standard InChI is InChI=1S/C10H20.3C2H6/c1-4-10-7-8(2)5-6-9(10)3;3*1-2/h8-10H,4-7H2,1-3H3;3*1-2H3. The highest BCUT2D eigenvalue weighted by Crippen LogP contribution is 2.34. The van der Waals surface area contributed by atoms with Gasteiger partial charge in [-0.15, -0.1) is 0 Å². The maximum absolute atomic E-state index is 2.42. The van der Waals surface area contributed by atoms with Gasteiger partial charge in [0.25, 0.3) is 0 Å². The van der Waals surface area contributed by atoms with E-state index in [2.05, 4.69) is 20.8 Å². The van der Waals surface area contributed by atoms with Crippen molar-refractivity contribution in [1.29, 1.82) is 0 Å². The smallest absolute Gasteiger partial charge is 0.0389 e. The summed E-state index contributed by atoms with van der Waals surface area (Å²) in [4.78, 5) is 0. The molecule has 1 aliphatic carbocycles. The molecule has 0 bridgehead atoms. The van der Waals surface area contributed by atoms with Crippen LogP contribution in [0.5, 0.6) is 0 Å². The van der Waals surface area contributed by atoms with Crippen LogP contribution in [-0.2, 0) is 0 Å². The first-order chi connectivity index (χ1) is 7.74. The van der Waals surface area contributed by atoms with Crippen molar-refractivity contribution in [2.75, 3.05) is 0 Å². The van der Waals surface area contributed by atoms with E-state index in [1.165, 1.54) is 25.7 Å². The van der Waals surface area contributed by atoms with Crippen molar-refractivity contribution in [2.24, 2.45) is 17.8 Å². The van der Waals surface area contributed by atoms with E-state index in [1.807, 2.05) is 41.5 Å². The number of hydrogen-bond acceptors (Lipinski definition) is 0. The highest BCUT2D eigenvalue weighted by Gasteiger charge is 2.23. The van der Waals surface area contributed by atoms with Gasteiger partial charge in [0, 0.05) is 0 Å². The van der Waals surface area contributed by atoms with Crippen LogP contribution in [0.2, 0.25) is 0 Å². The fraction of sp³-hybridized carbons (Fsp3) is 1.00. The van der Waals surface area contributed by atoms with Crippen LogP contribution >= 0.6 is 0 Å². The lowest BCUT2D eigenvalue weighted by atomic mass is 9.74. The van der Waals surface area contributed by atoms with Gasteiger partial charge in [-0.05, 0) is 24.2 Å². The van der Waals surface area contributed by atoms with Gasteiger partial charge in [-0.25, -0.2) is 0 Å². The molecule has 0 nitrogen and oxygen atoms in total. The molecule has 1 fully saturated rings. The zero-order valence-corrected chi connectivity index (χ0v) is 13.6. The molecule has 102 valence electrons. The van der Waals surface area contributed by atoms with Crippen LogP contribution in [0.3, 0.4) is 0 Å². The SMILES string of the molecule is CC.CC.CC.CCC1CC(C)CCC1C. The van der Waals surface area contributed by atoms with Crippen LogP contribution in [0.15, 0.2) is 0 Å². The van der Waals surface area contributed by atoms with Crippen LogP contribution in [0.25, 0.3) is 0 Å². The summed E-state index contributed by atoms with van der Waals surface area (Å²) in [6.45, 7) is 19.1. The van der Waals surface area contributed by atoms with Gasteiger partial charge in [0.2, 0.25) is 0 Å². The fourth-order valence-electron chi connectivity index (χ4n) is 2.22. The Balaban J connectivity index is -0.000000245. The monoisotopic (exact) mass is 230 g/mol. The molecule has 0 amide bonds. The van der Waals surface area contributed by atoms with Gasteiger partial charge >= 0.3 is 0 Å². The third-order valence-electron chi connectivity index (χ3n) is 3.15. The molecule has 0 aliphatic heterocycles. The Kier molecular flexibility index (Phi) is 23.2. The molecule has 0 heteroatoms. The molecular formula is C16H38. The Morgan fingerprint density at radius 1 is 0.812 bits per heavy atom. The van der Waals surface area contributed by atoms with Crippen LogP contribution < -0.4 is 0 Å². The average Bonchev–Trinajstić information content (AvgIpc) is 2.39. The van der Waals surface area contributed by atoms with Gasteiger partial charge < -0.3 is 0 Å². The molecule has 3 unspecified atom stereocenters. The number of rotatable bonds is 1. The molecule has 3 atom stereocenters. The lowest BCUT2D eigenvalue weighted by Gasteiger charge is -2.31. The second kappa shape index (κ2) is 17.4. The van der Waals surface area contributed by atoms with E-state index in [-0.39, 0.29) is 0 Å². The maximum atomic E-state index is 2.42. The van der Waals surface area contributed by atoms with Gasteiger partial charge in [0.1, 0.15) is 0 Å². The zero-order valence-electron chi connectivity index (χ0n) is 13.6. The Bertz CT molecular complexity index is 96.2. The summed E-state index contributed by atoms with van der Waals surface area (Å²) in [5.41, 5.74) is 0. The van der Waals surface area contributed by atoms with E-state index in [0.717, 1.165) is 17.8 Å². The van der Waals surface area contributed by atoms with Gasteiger partial charge in [-0.1, -0.05) is 81.6 Å². The van der Waals surface area contributed by atoms with Crippen molar-refractivity contribution >= 4 is 0 Å². The molecule has 0 heterocycles. The predicted molar refractivity (Wildman–Crippen MR) is 80.0 cm³/mol. The lowest BCUT2D eigenvalue weighted by Crippen LogP contribution is -2.20. The van der Waals surface area contributed by atoms with Crippen LogP contribution in [-0.4, -0.2) is 0 Å². The van der Waals surface area contributed by atoms with Crippen LogP contribution in [0.1, 0.15) is 88.0 Å². The highest BCUT2D eigenvalue weighted by atomic mass is 14.3. The summed E-state index contributed by atoms with van der Waals surface area (Å²) >= 11 is 0. The Morgan fingerprint density at radius 2 is 1.25 bits per heavy atom. The van der Waals surface area contributed by atoms with E-state index >= 15 is 0 Å². The molecule has 0 saturated heterocycles. The quantitative estimate of drug-likeness (QED) is 0.479. The highest BCUT2D eigenvalue weighted by molar-refractivity contribution is 4.74. The average molecular weight is 230 g/mol. The molecule has 0 aromatic heterocycles. The van der Waals surface area contributed by atoms with Crippen LogP contribution in [0, 0.1) is 17.8 Å². The Hall–Kier alpha value is 0. The zero-order chi connectivity index (χ0) is 13.6. The molecule has 1 rings (SSSR count). The molecule has 0 spiro atoms. The molecule has 0 radical (unpaired) electrons. The second-order valence-electron chi connectivity index (χ2n) is 4.06. The first kappa shape index (κ1) is 21.3. The van der Waals surface area contributed by atoms with Crippen molar-refractivity contribution in [3.05, 3.63) is 0 Å². The van der Waals surface area contributed by atoms with E-state index in [0.29, 0.717) is 0 Å². The van der Waals surface area contributed by atoms with Crippen molar-refractivity contribution in [2.45, 2.75) is 88.0 Å². The molecule has 0 aromatic rings. The minimum atomic E-state index is 1.00. The Morgan fingerprint density at radius 3 is 1.56 bits per heavy atom. The third kappa shape index (κ3) is 10.5.